The van der Waals surface area contributed by atoms with Gasteiger partial charge in [-0.15, -0.1) is 0 Å². The second-order valence-electron chi connectivity index (χ2n) is 9.77. The summed E-state index contributed by atoms with van der Waals surface area (Å²) < 4.78 is 7.42. The number of hydrogen-bond acceptors (Lipinski definition) is 6. The maximum atomic E-state index is 12.9. The number of ether oxygens (including phenoxy) is 1. The van der Waals surface area contributed by atoms with Gasteiger partial charge in [0, 0.05) is 42.9 Å². The molecule has 192 valence electrons. The number of imidazole rings is 1. The van der Waals surface area contributed by atoms with Crippen LogP contribution in [0.15, 0.2) is 48.7 Å². The predicted molar refractivity (Wildman–Crippen MR) is 139 cm³/mol. The van der Waals surface area contributed by atoms with Crippen molar-refractivity contribution >= 4 is 11.7 Å². The van der Waals surface area contributed by atoms with Gasteiger partial charge in [-0.2, -0.15) is 5.26 Å². The van der Waals surface area contributed by atoms with Gasteiger partial charge in [-0.3, -0.25) is 9.59 Å². The zero-order valence-corrected chi connectivity index (χ0v) is 21.4. The molecule has 0 saturated heterocycles. The summed E-state index contributed by atoms with van der Waals surface area (Å²) in [7, 11) is 1.84. The lowest BCUT2D eigenvalue weighted by molar-refractivity contribution is 0.0927. The van der Waals surface area contributed by atoms with E-state index in [4.69, 9.17) is 4.74 Å². The van der Waals surface area contributed by atoms with Crippen LogP contribution in [0.1, 0.15) is 65.2 Å². The molecule has 1 saturated carbocycles. The maximum absolute atomic E-state index is 12.9. The molecule has 1 aromatic heterocycles. The fraction of sp³-hybridized carbons (Fsp3) is 0.379. The molecule has 1 aliphatic rings. The molecule has 1 unspecified atom stereocenters. The summed E-state index contributed by atoms with van der Waals surface area (Å²) in [6, 6.07) is 14.4. The lowest BCUT2D eigenvalue weighted by atomic mass is 10.0. The number of benzene rings is 2. The van der Waals surface area contributed by atoms with Gasteiger partial charge in [0.15, 0.2) is 5.82 Å². The van der Waals surface area contributed by atoms with Crippen molar-refractivity contribution in [1.82, 2.24) is 14.9 Å². The number of carbonyl (C=O) groups is 2. The number of rotatable bonds is 11. The fourth-order valence-corrected chi connectivity index (χ4v) is 4.22. The Hall–Kier alpha value is -3.96. The molecule has 0 bridgehead atoms. The third-order valence-corrected chi connectivity index (χ3v) is 6.31. The molecular weight excluding hydrogens is 468 g/mol. The molecule has 1 amide bonds. The minimum absolute atomic E-state index is 0.0701. The van der Waals surface area contributed by atoms with Gasteiger partial charge in [-0.1, -0.05) is 24.3 Å². The highest BCUT2D eigenvalue weighted by molar-refractivity contribution is 5.97. The maximum Gasteiger partial charge on any atom is 0.251 e. The molecule has 1 fully saturated rings. The third-order valence-electron chi connectivity index (χ3n) is 6.31. The number of aliphatic hydroxyl groups is 1. The number of Topliss-reactive ketones (excluding diaryl/α,β-unsaturated/α-hetero) is 1. The van der Waals surface area contributed by atoms with Gasteiger partial charge < -0.3 is 19.7 Å². The number of aliphatic hydroxyl groups excluding tert-OH is 1. The van der Waals surface area contributed by atoms with E-state index in [2.05, 4.69) is 16.4 Å². The summed E-state index contributed by atoms with van der Waals surface area (Å²) in [6.07, 6.45) is 4.58. The summed E-state index contributed by atoms with van der Waals surface area (Å²) >= 11 is 0. The van der Waals surface area contributed by atoms with Crippen molar-refractivity contribution in [2.75, 3.05) is 6.61 Å². The highest BCUT2D eigenvalue weighted by Crippen LogP contribution is 2.33. The zero-order valence-electron chi connectivity index (χ0n) is 21.4. The van der Waals surface area contributed by atoms with Gasteiger partial charge in [0.2, 0.25) is 5.78 Å². The van der Waals surface area contributed by atoms with Crippen molar-refractivity contribution in [2.45, 2.75) is 51.7 Å². The van der Waals surface area contributed by atoms with Crippen molar-refractivity contribution in [1.29, 1.82) is 5.26 Å². The lowest BCUT2D eigenvalue weighted by Gasteiger charge is -2.19. The first kappa shape index (κ1) is 26.1. The molecule has 37 heavy (non-hydrogen) atoms. The second kappa shape index (κ2) is 11.4. The van der Waals surface area contributed by atoms with Crippen LogP contribution in [0.5, 0.6) is 5.75 Å². The minimum Gasteiger partial charge on any atom is -0.490 e. The van der Waals surface area contributed by atoms with Crippen LogP contribution < -0.4 is 10.1 Å². The fourth-order valence-electron chi connectivity index (χ4n) is 4.22. The average molecular weight is 501 g/mol. The van der Waals surface area contributed by atoms with Crippen molar-refractivity contribution in [3.05, 3.63) is 71.2 Å². The first-order valence-corrected chi connectivity index (χ1v) is 12.6. The number of nitrogens with one attached hydrogen (secondary N) is 1. The van der Waals surface area contributed by atoms with Gasteiger partial charge >= 0.3 is 0 Å². The summed E-state index contributed by atoms with van der Waals surface area (Å²) in [4.78, 5) is 29.9. The molecule has 0 radical (unpaired) electrons. The molecule has 0 spiro atoms. The first-order valence-electron chi connectivity index (χ1n) is 12.6. The molecule has 4 rings (SSSR count). The lowest BCUT2D eigenvalue weighted by Crippen LogP contribution is -2.37. The second-order valence-corrected chi connectivity index (χ2v) is 9.77. The number of carbonyl (C=O) groups excluding carboxylic acids is 2. The van der Waals surface area contributed by atoms with Crippen molar-refractivity contribution in [3.63, 3.8) is 0 Å². The van der Waals surface area contributed by atoms with Gasteiger partial charge in [-0.25, -0.2) is 4.98 Å². The number of aryl methyl sites for hydroxylation is 1. The Kier molecular flexibility index (Phi) is 8.04. The molecule has 1 aliphatic carbocycles. The first-order chi connectivity index (χ1) is 17.8. The molecule has 0 aliphatic heterocycles. The molecule has 8 nitrogen and oxygen atoms in total. The van der Waals surface area contributed by atoms with Crippen LogP contribution in [0.4, 0.5) is 0 Å². The summed E-state index contributed by atoms with van der Waals surface area (Å²) in [5, 5.41) is 22.0. The van der Waals surface area contributed by atoms with Gasteiger partial charge in [0.1, 0.15) is 11.8 Å². The summed E-state index contributed by atoms with van der Waals surface area (Å²) in [5.74, 6) is 0.849. The smallest absolute Gasteiger partial charge is 0.251 e. The van der Waals surface area contributed by atoms with Crippen molar-refractivity contribution < 1.29 is 19.4 Å². The van der Waals surface area contributed by atoms with Crippen LogP contribution in [0.3, 0.4) is 0 Å². The largest absolute Gasteiger partial charge is 0.490 e. The van der Waals surface area contributed by atoms with E-state index in [1.54, 1.807) is 16.7 Å². The van der Waals surface area contributed by atoms with Crippen LogP contribution in [0, 0.1) is 17.2 Å². The highest BCUT2D eigenvalue weighted by atomic mass is 16.5. The third kappa shape index (κ3) is 6.43. The van der Waals surface area contributed by atoms with Crippen LogP contribution in [0.25, 0.3) is 11.3 Å². The van der Waals surface area contributed by atoms with E-state index in [1.807, 2.05) is 51.4 Å². The van der Waals surface area contributed by atoms with Gasteiger partial charge in [0.25, 0.3) is 5.91 Å². The molecule has 8 heteroatoms. The summed E-state index contributed by atoms with van der Waals surface area (Å²) in [6.45, 7) is 3.67. The Bertz CT molecular complexity index is 1320. The topological polar surface area (TPSA) is 117 Å². The molecule has 2 N–H and O–H groups in total. The Balaban J connectivity index is 1.43. The average Bonchev–Trinajstić information content (AvgIpc) is 3.65. The number of amides is 1. The van der Waals surface area contributed by atoms with E-state index in [1.165, 1.54) is 6.07 Å². The summed E-state index contributed by atoms with van der Waals surface area (Å²) in [5.41, 5.74) is 3.30. The van der Waals surface area contributed by atoms with E-state index in [0.29, 0.717) is 35.5 Å². The van der Waals surface area contributed by atoms with Crippen LogP contribution in [-0.2, 0) is 13.5 Å². The van der Waals surface area contributed by atoms with E-state index < -0.39 is 0 Å². The Morgan fingerprint density at radius 2 is 1.95 bits per heavy atom. The Labute approximate surface area is 216 Å². The number of hydrogen-bond donors (Lipinski definition) is 2. The highest BCUT2D eigenvalue weighted by Gasteiger charge is 2.33. The molecule has 1 heterocycles. The standard InChI is InChI=1S/C29H32N4O4/c1-18(2)37-26-11-10-22(15-23(26)16-30)29(36)31-24(12-13-34)14-19-4-6-20(7-5-19)25-17-33(3)28(32-25)27(35)21-8-9-21/h4-7,10-11,15,17-18,21,24,34H,8-9,12-14H2,1-3H3,(H,31,36). The van der Waals surface area contributed by atoms with Crippen LogP contribution in [-0.4, -0.2) is 45.1 Å². The quantitative estimate of drug-likeness (QED) is 0.384. The predicted octanol–water partition coefficient (Wildman–Crippen LogP) is 4.06. The monoisotopic (exact) mass is 500 g/mol. The van der Waals surface area contributed by atoms with E-state index in [0.717, 1.165) is 29.7 Å². The number of nitrogens with zero attached hydrogens (tertiary/aromatic N) is 3. The zero-order chi connectivity index (χ0) is 26.5. The van der Waals surface area contributed by atoms with E-state index in [9.17, 15) is 20.0 Å². The van der Waals surface area contributed by atoms with E-state index in [-0.39, 0.29) is 36.4 Å². The minimum atomic E-state index is -0.316. The molecular formula is C29H32N4O4. The normalized spacial score (nSPS) is 13.7. The number of aromatic nitrogens is 2. The van der Waals surface area contributed by atoms with Crippen LogP contribution in [0.2, 0.25) is 0 Å². The number of nitriles is 1. The van der Waals surface area contributed by atoms with Crippen molar-refractivity contribution in [2.24, 2.45) is 13.0 Å². The number of ketones is 1. The molecule has 2 aromatic carbocycles. The Morgan fingerprint density at radius 3 is 2.57 bits per heavy atom. The van der Waals surface area contributed by atoms with Gasteiger partial charge in [0.05, 0.1) is 17.4 Å². The SMILES string of the molecule is CC(C)Oc1ccc(C(=O)NC(CCO)Cc2ccc(-c3cn(C)c(C(=O)C4CC4)n3)cc2)cc1C#N. The van der Waals surface area contributed by atoms with Crippen molar-refractivity contribution in [3.8, 4) is 23.1 Å². The Morgan fingerprint density at radius 1 is 1.22 bits per heavy atom. The van der Waals surface area contributed by atoms with E-state index >= 15 is 0 Å². The van der Waals surface area contributed by atoms with Crippen LogP contribution >= 0.6 is 0 Å². The van der Waals surface area contributed by atoms with Gasteiger partial charge in [-0.05, 0) is 63.3 Å². The molecule has 3 aromatic rings. The molecule has 1 atom stereocenters.